The molecule has 0 bridgehead atoms. The lowest BCUT2D eigenvalue weighted by Crippen LogP contribution is -2.42. The smallest absolute Gasteiger partial charge is 0.416 e. The first-order valence-electron chi connectivity index (χ1n) is 21.0. The molecule has 3 N–H and O–H groups in total. The highest BCUT2D eigenvalue weighted by Crippen LogP contribution is 2.42. The topological polar surface area (TPSA) is 173 Å². The van der Waals surface area contributed by atoms with Gasteiger partial charge in [0.2, 0.25) is 11.8 Å². The van der Waals surface area contributed by atoms with E-state index in [1.165, 1.54) is 82.0 Å². The summed E-state index contributed by atoms with van der Waals surface area (Å²) in [4.78, 5) is 57.1. The van der Waals surface area contributed by atoms with Crippen molar-refractivity contribution in [3.63, 3.8) is 0 Å². The first-order valence-corrected chi connectivity index (χ1v) is 21.0. The van der Waals surface area contributed by atoms with Crippen molar-refractivity contribution in [2.75, 3.05) is 39.6 Å². The summed E-state index contributed by atoms with van der Waals surface area (Å²) in [5.74, 6) is -2.50. The number of hydrogen-bond acceptors (Lipinski definition) is 11. The van der Waals surface area contributed by atoms with Gasteiger partial charge in [0.15, 0.2) is 0 Å². The Kier molecular flexibility index (Phi) is 14.8. The predicted molar refractivity (Wildman–Crippen MR) is 218 cm³/mol. The summed E-state index contributed by atoms with van der Waals surface area (Å²) < 4.78 is 105. The molecular weight excluding hydrogens is 885 g/mol. The monoisotopic (exact) mass is 929 g/mol. The molecule has 0 radical (unpaired) electrons. The molecule has 0 aliphatic carbocycles. The summed E-state index contributed by atoms with van der Waals surface area (Å²) in [6.07, 6.45) is -7.26. The molecule has 2 fully saturated rings. The van der Waals surface area contributed by atoms with Crippen LogP contribution in [0.5, 0.6) is 11.5 Å². The Morgan fingerprint density at radius 3 is 1.42 bits per heavy atom. The molecule has 0 spiro atoms. The van der Waals surface area contributed by atoms with Crippen LogP contribution in [0.4, 0.5) is 26.3 Å². The van der Waals surface area contributed by atoms with Gasteiger partial charge in [-0.1, -0.05) is 48.5 Å². The molecule has 2 atom stereocenters. The van der Waals surface area contributed by atoms with Crippen LogP contribution in [0.3, 0.4) is 0 Å². The highest BCUT2D eigenvalue weighted by atomic mass is 19.4. The summed E-state index contributed by atoms with van der Waals surface area (Å²) in [5.41, 5.74) is 0.969. The molecule has 20 heteroatoms. The fourth-order valence-electron chi connectivity index (χ4n) is 8.56. The Labute approximate surface area is 373 Å². The number of hydroxylamine groups is 1. The molecule has 0 saturated carbocycles. The van der Waals surface area contributed by atoms with Gasteiger partial charge in [-0.3, -0.25) is 24.5 Å². The van der Waals surface area contributed by atoms with Gasteiger partial charge in [0.1, 0.15) is 24.7 Å². The molecule has 4 aliphatic heterocycles. The number of alkyl halides is 6. The lowest BCUT2D eigenvalue weighted by atomic mass is 9.94. The second-order valence-corrected chi connectivity index (χ2v) is 16.0. The Bertz CT molecular complexity index is 2240. The highest BCUT2D eigenvalue weighted by Gasteiger charge is 2.42. The van der Waals surface area contributed by atoms with E-state index in [1.54, 1.807) is 6.07 Å². The minimum atomic E-state index is -4.61. The lowest BCUT2D eigenvalue weighted by Gasteiger charge is -2.35. The first-order chi connectivity index (χ1) is 31.6. The highest BCUT2D eigenvalue weighted by molar-refractivity contribution is 5.94. The van der Waals surface area contributed by atoms with Crippen molar-refractivity contribution < 1.29 is 79.8 Å². The van der Waals surface area contributed by atoms with E-state index in [9.17, 15) is 45.5 Å². The van der Waals surface area contributed by atoms with Gasteiger partial charge >= 0.3 is 18.3 Å². The minimum absolute atomic E-state index is 0.00314. The molecule has 4 aromatic carbocycles. The van der Waals surface area contributed by atoms with Crippen molar-refractivity contribution in [2.24, 2.45) is 11.8 Å². The summed E-state index contributed by atoms with van der Waals surface area (Å²) >= 11 is 0. The molecular formula is C46H45F6N3O11. The zero-order chi connectivity index (χ0) is 47.2. The molecule has 0 aromatic heterocycles. The van der Waals surface area contributed by atoms with Crippen LogP contribution in [0.15, 0.2) is 84.9 Å². The van der Waals surface area contributed by atoms with E-state index in [0.29, 0.717) is 63.2 Å². The van der Waals surface area contributed by atoms with Crippen molar-refractivity contribution in [3.05, 3.63) is 129 Å². The third kappa shape index (κ3) is 10.7. The van der Waals surface area contributed by atoms with Crippen LogP contribution in [0.2, 0.25) is 0 Å². The molecule has 352 valence electrons. The van der Waals surface area contributed by atoms with Gasteiger partial charge in [0.25, 0.3) is 5.91 Å². The van der Waals surface area contributed by atoms with E-state index in [2.05, 4.69) is 4.89 Å². The van der Waals surface area contributed by atoms with Crippen LogP contribution in [0.25, 0.3) is 0 Å². The summed E-state index contributed by atoms with van der Waals surface area (Å²) in [7, 11) is 0. The maximum atomic E-state index is 13.8. The van der Waals surface area contributed by atoms with E-state index in [4.69, 9.17) is 29.4 Å². The second kappa shape index (κ2) is 20.5. The molecule has 14 nitrogen and oxygen atoms in total. The van der Waals surface area contributed by atoms with Crippen LogP contribution in [-0.2, 0) is 49.4 Å². The number of ether oxygens (including phenoxy) is 4. The van der Waals surface area contributed by atoms with Crippen molar-refractivity contribution in [1.82, 2.24) is 15.3 Å². The van der Waals surface area contributed by atoms with Crippen molar-refractivity contribution in [1.29, 1.82) is 0 Å². The van der Waals surface area contributed by atoms with E-state index < -0.39 is 47.4 Å². The molecule has 4 heterocycles. The summed E-state index contributed by atoms with van der Waals surface area (Å²) in [5, 5.41) is 17.5. The Morgan fingerprint density at radius 2 is 1.02 bits per heavy atom. The van der Waals surface area contributed by atoms with E-state index >= 15 is 0 Å². The third-order valence-corrected chi connectivity index (χ3v) is 12.0. The van der Waals surface area contributed by atoms with Crippen molar-refractivity contribution >= 4 is 23.7 Å². The fourth-order valence-corrected chi connectivity index (χ4v) is 8.56. The SMILES string of the molecule is O=C(NO)c1ccc2c(c1)OC[C@H](c1ccccc1C(F)(F)F)N(C(=O)C1CCOCC1)C2.O=C(OO)c1ccc2c(c1)OC[C@@H](c1ccccc1C(F)(F)F)N(C(=O)C1CCOCC1)C2. The van der Waals surface area contributed by atoms with Crippen molar-refractivity contribution in [3.8, 4) is 11.5 Å². The van der Waals surface area contributed by atoms with Gasteiger partial charge in [-0.25, -0.2) is 10.3 Å². The number of rotatable bonds is 6. The van der Waals surface area contributed by atoms with Crippen LogP contribution < -0.4 is 15.0 Å². The molecule has 0 unspecified atom stereocenters. The Morgan fingerprint density at radius 1 is 0.606 bits per heavy atom. The zero-order valence-electron chi connectivity index (χ0n) is 35.1. The molecule has 4 aromatic rings. The average Bonchev–Trinajstić information content (AvgIpc) is 3.65. The number of amides is 3. The minimum Gasteiger partial charge on any atom is -0.491 e. The average molecular weight is 930 g/mol. The predicted octanol–water partition coefficient (Wildman–Crippen LogP) is 7.94. The Balaban J connectivity index is 0.000000196. The largest absolute Gasteiger partial charge is 0.491 e. The van der Waals surface area contributed by atoms with Gasteiger partial charge < -0.3 is 28.7 Å². The van der Waals surface area contributed by atoms with Gasteiger partial charge in [-0.15, -0.1) is 0 Å². The molecule has 2 saturated heterocycles. The number of fused-ring (bicyclic) bond motifs is 2. The molecule has 3 amide bonds. The number of benzene rings is 4. The van der Waals surface area contributed by atoms with Gasteiger partial charge in [-0.05, 0) is 73.2 Å². The number of hydrogen-bond donors (Lipinski definition) is 3. The zero-order valence-corrected chi connectivity index (χ0v) is 35.1. The fraction of sp³-hybridized carbons (Fsp3) is 0.391. The number of nitrogens with zero attached hydrogens (tertiary/aromatic N) is 2. The standard InChI is InChI=1S/C23H23F3N2O5.C23H22F3NO6/c24-23(25,26)18-4-2-1-3-17(18)19-13-33-20-11-15(21(29)27-31)5-6-16(20)12-28(19)22(30)14-7-9-32-10-8-14;24-23(25,26)18-4-2-1-3-17(18)19-13-32-20-11-15(22(29)33-30)5-6-16(20)12-27(19)21(28)14-7-9-31-10-8-14/h1-6,11,14,19,31H,7-10,12-13H2,(H,27,29);1-6,11,14,19,30H,7-10,12-13H2/t2*19-/m10/s1. The maximum absolute atomic E-state index is 13.8. The maximum Gasteiger partial charge on any atom is 0.416 e. The first kappa shape index (κ1) is 47.7. The van der Waals surface area contributed by atoms with Gasteiger partial charge in [0, 0.05) is 55.0 Å². The lowest BCUT2D eigenvalue weighted by molar-refractivity contribution is -0.182. The normalized spacial score (nSPS) is 19.3. The molecule has 8 rings (SSSR count). The van der Waals surface area contributed by atoms with E-state index in [1.807, 2.05) is 0 Å². The van der Waals surface area contributed by atoms with Gasteiger partial charge in [-0.2, -0.15) is 31.6 Å². The van der Waals surface area contributed by atoms with Crippen LogP contribution in [0.1, 0.15) is 91.9 Å². The summed E-state index contributed by atoms with van der Waals surface area (Å²) in [6.45, 7) is 1.20. The van der Waals surface area contributed by atoms with E-state index in [0.717, 1.165) is 12.1 Å². The number of nitrogens with one attached hydrogen (secondary N) is 1. The Hall–Kier alpha value is -6.22. The quantitative estimate of drug-likeness (QED) is 0.0742. The van der Waals surface area contributed by atoms with Crippen molar-refractivity contribution in [2.45, 2.75) is 63.2 Å². The number of carbonyl (C=O) groups excluding carboxylic acids is 4. The number of carbonyl (C=O) groups is 4. The van der Waals surface area contributed by atoms with E-state index in [-0.39, 0.29) is 83.7 Å². The number of halogens is 6. The summed E-state index contributed by atoms with van der Waals surface area (Å²) in [6, 6.07) is 17.0. The van der Waals surface area contributed by atoms with Crippen LogP contribution in [0, 0.1) is 11.8 Å². The second-order valence-electron chi connectivity index (χ2n) is 16.0. The van der Waals surface area contributed by atoms with Gasteiger partial charge in [0.05, 0.1) is 41.9 Å². The third-order valence-electron chi connectivity index (χ3n) is 12.0. The van der Waals surface area contributed by atoms with Crippen LogP contribution in [-0.4, -0.2) is 83.6 Å². The molecule has 66 heavy (non-hydrogen) atoms. The molecule has 4 aliphatic rings. The van der Waals surface area contributed by atoms with Crippen LogP contribution >= 0.6 is 0 Å².